The lowest BCUT2D eigenvalue weighted by Crippen LogP contribution is -2.27. The zero-order chi connectivity index (χ0) is 13.7. The van der Waals surface area contributed by atoms with E-state index in [9.17, 15) is 0 Å². The lowest BCUT2D eigenvalue weighted by atomic mass is 10.2. The molecule has 2 rings (SSSR count). The molecule has 1 aromatic heterocycles. The van der Waals surface area contributed by atoms with Crippen LogP contribution in [0.5, 0.6) is 0 Å². The first kappa shape index (κ1) is 14.3. The van der Waals surface area contributed by atoms with Gasteiger partial charge in [0.05, 0.1) is 0 Å². The average Bonchev–Trinajstić information content (AvgIpc) is 3.20. The summed E-state index contributed by atoms with van der Waals surface area (Å²) in [6.45, 7) is 9.85. The zero-order valence-electron chi connectivity index (χ0n) is 12.5. The molecule has 1 aromatic rings. The van der Waals surface area contributed by atoms with E-state index in [-0.39, 0.29) is 0 Å². The van der Waals surface area contributed by atoms with Crippen LogP contribution in [0, 0.1) is 5.92 Å². The van der Waals surface area contributed by atoms with Crippen molar-refractivity contribution in [2.75, 3.05) is 18.0 Å². The van der Waals surface area contributed by atoms with E-state index in [4.69, 9.17) is 0 Å². The Bertz CT molecular complexity index is 385. The molecule has 3 heteroatoms. The van der Waals surface area contributed by atoms with Gasteiger partial charge in [-0.25, -0.2) is 4.98 Å². The van der Waals surface area contributed by atoms with E-state index in [0.717, 1.165) is 31.5 Å². The van der Waals surface area contributed by atoms with Gasteiger partial charge in [0.15, 0.2) is 0 Å². The highest BCUT2D eigenvalue weighted by molar-refractivity contribution is 5.43. The Morgan fingerprint density at radius 2 is 2.21 bits per heavy atom. The van der Waals surface area contributed by atoms with Gasteiger partial charge in [0.1, 0.15) is 5.82 Å². The van der Waals surface area contributed by atoms with Crippen molar-refractivity contribution in [2.45, 2.75) is 52.6 Å². The van der Waals surface area contributed by atoms with Gasteiger partial charge in [-0.3, -0.25) is 0 Å². The minimum atomic E-state index is 0.698. The van der Waals surface area contributed by atoms with E-state index in [1.54, 1.807) is 0 Å². The Kier molecular flexibility index (Phi) is 5.20. The number of pyridine rings is 1. The number of nitrogens with one attached hydrogen (secondary N) is 1. The summed E-state index contributed by atoms with van der Waals surface area (Å²) in [5.41, 5.74) is 1.34. The van der Waals surface area contributed by atoms with E-state index >= 15 is 0 Å². The van der Waals surface area contributed by atoms with Crippen LogP contribution in [0.15, 0.2) is 18.3 Å². The third-order valence-corrected chi connectivity index (χ3v) is 3.44. The zero-order valence-corrected chi connectivity index (χ0v) is 12.5. The van der Waals surface area contributed by atoms with Crippen LogP contribution >= 0.6 is 0 Å². The number of hydrogen-bond acceptors (Lipinski definition) is 3. The molecule has 0 saturated heterocycles. The Hall–Kier alpha value is -1.09. The molecule has 106 valence electrons. The first-order valence-electron chi connectivity index (χ1n) is 7.63. The first-order valence-corrected chi connectivity index (χ1v) is 7.63. The SMILES string of the molecule is CCCN(c1cc(CNCC(C)C)ccn1)C1CC1. The van der Waals surface area contributed by atoms with E-state index in [0.29, 0.717) is 5.92 Å². The summed E-state index contributed by atoms with van der Waals surface area (Å²) >= 11 is 0. The maximum atomic E-state index is 4.56. The number of hydrogen-bond donors (Lipinski definition) is 1. The summed E-state index contributed by atoms with van der Waals surface area (Å²) < 4.78 is 0. The van der Waals surface area contributed by atoms with Crippen LogP contribution in [0.3, 0.4) is 0 Å². The van der Waals surface area contributed by atoms with Gasteiger partial charge in [-0.15, -0.1) is 0 Å². The molecule has 1 aliphatic rings. The molecule has 0 spiro atoms. The number of aromatic nitrogens is 1. The maximum Gasteiger partial charge on any atom is 0.129 e. The molecule has 0 aromatic carbocycles. The van der Waals surface area contributed by atoms with Gasteiger partial charge in [-0.1, -0.05) is 20.8 Å². The molecule has 1 aliphatic carbocycles. The second-order valence-electron chi connectivity index (χ2n) is 5.97. The molecule has 3 nitrogen and oxygen atoms in total. The summed E-state index contributed by atoms with van der Waals surface area (Å²) in [6.07, 6.45) is 5.80. The highest BCUT2D eigenvalue weighted by Gasteiger charge is 2.29. The highest BCUT2D eigenvalue weighted by Crippen LogP contribution is 2.30. The summed E-state index contributed by atoms with van der Waals surface area (Å²) in [6, 6.07) is 5.11. The van der Waals surface area contributed by atoms with Crippen molar-refractivity contribution < 1.29 is 0 Å². The smallest absolute Gasteiger partial charge is 0.129 e. The summed E-state index contributed by atoms with van der Waals surface area (Å²) in [5, 5.41) is 3.50. The Morgan fingerprint density at radius 3 is 2.84 bits per heavy atom. The van der Waals surface area contributed by atoms with Gasteiger partial charge in [-0.2, -0.15) is 0 Å². The first-order chi connectivity index (χ1) is 9.20. The predicted molar refractivity (Wildman–Crippen MR) is 81.4 cm³/mol. The Labute approximate surface area is 117 Å². The van der Waals surface area contributed by atoms with Crippen molar-refractivity contribution in [3.05, 3.63) is 23.9 Å². The van der Waals surface area contributed by atoms with Gasteiger partial charge < -0.3 is 10.2 Å². The van der Waals surface area contributed by atoms with Gasteiger partial charge >= 0.3 is 0 Å². The molecule has 0 unspecified atom stereocenters. The van der Waals surface area contributed by atoms with Crippen molar-refractivity contribution in [1.82, 2.24) is 10.3 Å². The van der Waals surface area contributed by atoms with Crippen LogP contribution in [0.4, 0.5) is 5.82 Å². The normalized spacial score (nSPS) is 14.9. The third kappa shape index (κ3) is 4.50. The van der Waals surface area contributed by atoms with Crippen molar-refractivity contribution in [3.63, 3.8) is 0 Å². The second-order valence-corrected chi connectivity index (χ2v) is 5.97. The number of rotatable bonds is 8. The minimum Gasteiger partial charge on any atom is -0.354 e. The lowest BCUT2D eigenvalue weighted by molar-refractivity contribution is 0.552. The van der Waals surface area contributed by atoms with Crippen LogP contribution in [0.1, 0.15) is 45.6 Å². The van der Waals surface area contributed by atoms with E-state index in [1.165, 1.54) is 24.8 Å². The maximum absolute atomic E-state index is 4.56. The number of nitrogens with zero attached hydrogens (tertiary/aromatic N) is 2. The van der Waals surface area contributed by atoms with Crippen molar-refractivity contribution in [3.8, 4) is 0 Å². The predicted octanol–water partition coefficient (Wildman–Crippen LogP) is 3.21. The standard InChI is InChI=1S/C16H27N3/c1-4-9-19(15-5-6-15)16-10-14(7-8-18-16)12-17-11-13(2)3/h7-8,10,13,15,17H,4-6,9,11-12H2,1-3H3. The minimum absolute atomic E-state index is 0.698. The largest absolute Gasteiger partial charge is 0.354 e. The van der Waals surface area contributed by atoms with Crippen LogP contribution in [0.2, 0.25) is 0 Å². The quantitative estimate of drug-likeness (QED) is 0.779. The van der Waals surface area contributed by atoms with E-state index < -0.39 is 0 Å². The van der Waals surface area contributed by atoms with Crippen molar-refractivity contribution in [2.24, 2.45) is 5.92 Å². The van der Waals surface area contributed by atoms with Crippen LogP contribution in [0.25, 0.3) is 0 Å². The molecular formula is C16H27N3. The lowest BCUT2D eigenvalue weighted by Gasteiger charge is -2.23. The second kappa shape index (κ2) is 6.90. The molecule has 0 amide bonds. The summed E-state index contributed by atoms with van der Waals surface area (Å²) in [5.74, 6) is 1.86. The monoisotopic (exact) mass is 261 g/mol. The fraction of sp³-hybridized carbons (Fsp3) is 0.688. The molecule has 1 saturated carbocycles. The van der Waals surface area contributed by atoms with Crippen LogP contribution in [-0.2, 0) is 6.54 Å². The fourth-order valence-corrected chi connectivity index (χ4v) is 2.34. The molecule has 0 atom stereocenters. The summed E-state index contributed by atoms with van der Waals surface area (Å²) in [7, 11) is 0. The van der Waals surface area contributed by atoms with Crippen molar-refractivity contribution in [1.29, 1.82) is 0 Å². The van der Waals surface area contributed by atoms with Gasteiger partial charge in [0.2, 0.25) is 0 Å². The topological polar surface area (TPSA) is 28.2 Å². The van der Waals surface area contributed by atoms with E-state index in [1.807, 2.05) is 6.20 Å². The van der Waals surface area contributed by atoms with Gasteiger partial charge in [0, 0.05) is 25.3 Å². The van der Waals surface area contributed by atoms with Crippen LogP contribution < -0.4 is 10.2 Å². The molecule has 0 bridgehead atoms. The van der Waals surface area contributed by atoms with Gasteiger partial charge in [-0.05, 0) is 49.4 Å². The number of anilines is 1. The third-order valence-electron chi connectivity index (χ3n) is 3.44. The van der Waals surface area contributed by atoms with Crippen molar-refractivity contribution >= 4 is 5.82 Å². The van der Waals surface area contributed by atoms with E-state index in [2.05, 4.69) is 48.1 Å². The highest BCUT2D eigenvalue weighted by atomic mass is 15.2. The molecular weight excluding hydrogens is 234 g/mol. The molecule has 1 heterocycles. The average molecular weight is 261 g/mol. The Balaban J connectivity index is 1.96. The molecule has 1 fully saturated rings. The molecule has 1 N–H and O–H groups in total. The van der Waals surface area contributed by atoms with Gasteiger partial charge in [0.25, 0.3) is 0 Å². The fourth-order valence-electron chi connectivity index (χ4n) is 2.34. The summed E-state index contributed by atoms with van der Waals surface area (Å²) in [4.78, 5) is 7.04. The molecule has 0 aliphatic heterocycles. The molecule has 19 heavy (non-hydrogen) atoms. The van der Waals surface area contributed by atoms with Crippen LogP contribution in [-0.4, -0.2) is 24.1 Å². The molecule has 0 radical (unpaired) electrons. The Morgan fingerprint density at radius 1 is 1.42 bits per heavy atom.